The minimum atomic E-state index is -0.982. The van der Waals surface area contributed by atoms with Crippen LogP contribution in [-0.2, 0) is 9.59 Å². The molecule has 0 bridgehead atoms. The Morgan fingerprint density at radius 3 is 2.68 bits per heavy atom. The molecule has 1 aromatic carbocycles. The molecule has 0 saturated carbocycles. The Labute approximate surface area is 146 Å². The predicted molar refractivity (Wildman–Crippen MR) is 92.1 cm³/mol. The molecule has 0 unspecified atom stereocenters. The first kappa shape index (κ1) is 17.2. The van der Waals surface area contributed by atoms with Crippen LogP contribution in [0.5, 0.6) is 0 Å². The molecule has 1 saturated heterocycles. The largest absolute Gasteiger partial charge is 0.480 e. The van der Waals surface area contributed by atoms with Gasteiger partial charge in [-0.15, -0.1) is 0 Å². The van der Waals surface area contributed by atoms with Gasteiger partial charge in [-0.05, 0) is 44.7 Å². The lowest BCUT2D eigenvalue weighted by Crippen LogP contribution is -2.54. The highest BCUT2D eigenvalue weighted by molar-refractivity contribution is 5.98. The molecule has 2 aliphatic heterocycles. The van der Waals surface area contributed by atoms with Gasteiger partial charge in [0.05, 0.1) is 0 Å². The molecule has 1 fully saturated rings. The number of carbonyl (C=O) groups is 3. The van der Waals surface area contributed by atoms with Crippen molar-refractivity contribution in [3.63, 3.8) is 0 Å². The summed E-state index contributed by atoms with van der Waals surface area (Å²) < 4.78 is 0. The molecular weight excluding hydrogens is 320 g/mol. The number of aliphatic carboxylic acids is 1. The number of carbonyl (C=O) groups excluding carboxylic acids is 2. The van der Waals surface area contributed by atoms with Gasteiger partial charge in [0.25, 0.3) is 5.91 Å². The Bertz CT molecular complexity index is 728. The van der Waals surface area contributed by atoms with E-state index >= 15 is 0 Å². The van der Waals surface area contributed by atoms with Gasteiger partial charge < -0.3 is 15.3 Å². The van der Waals surface area contributed by atoms with Gasteiger partial charge in [0.2, 0.25) is 5.91 Å². The number of amides is 2. The Hall–Kier alpha value is -2.63. The lowest BCUT2D eigenvalue weighted by atomic mass is 10.0. The lowest BCUT2D eigenvalue weighted by Gasteiger charge is -2.32. The summed E-state index contributed by atoms with van der Waals surface area (Å²) in [7, 11) is 0. The van der Waals surface area contributed by atoms with Crippen LogP contribution < -0.4 is 5.32 Å². The number of hydrogen-bond donors (Lipinski definition) is 2. The summed E-state index contributed by atoms with van der Waals surface area (Å²) in [6.45, 7) is 1.90. The summed E-state index contributed by atoms with van der Waals surface area (Å²) in [5, 5.41) is 12.2. The summed E-state index contributed by atoms with van der Waals surface area (Å²) in [5.41, 5.74) is 1.45. The van der Waals surface area contributed by atoms with Gasteiger partial charge in [0.1, 0.15) is 12.1 Å². The fraction of sp³-hybridized carbons (Fsp3) is 0.421. The van der Waals surface area contributed by atoms with Gasteiger partial charge >= 0.3 is 5.97 Å². The minimum absolute atomic E-state index is 0.108. The molecule has 2 N–H and O–H groups in total. The maximum Gasteiger partial charge on any atom is 0.326 e. The number of nitrogens with zero attached hydrogens (tertiary/aromatic N) is 1. The van der Waals surface area contributed by atoms with E-state index in [4.69, 9.17) is 0 Å². The minimum Gasteiger partial charge on any atom is -0.480 e. The predicted octanol–water partition coefficient (Wildman–Crippen LogP) is 1.89. The Balaban J connectivity index is 1.81. The van der Waals surface area contributed by atoms with Crippen LogP contribution in [-0.4, -0.2) is 45.9 Å². The zero-order chi connectivity index (χ0) is 18.0. The number of carboxylic acids is 1. The van der Waals surface area contributed by atoms with Crippen molar-refractivity contribution in [1.82, 2.24) is 10.2 Å². The zero-order valence-electron chi connectivity index (χ0n) is 14.1. The first-order valence-electron chi connectivity index (χ1n) is 8.55. The van der Waals surface area contributed by atoms with Crippen molar-refractivity contribution in [3.05, 3.63) is 47.5 Å². The first-order chi connectivity index (χ1) is 12.0. The number of hydrogen-bond acceptors (Lipinski definition) is 3. The van der Waals surface area contributed by atoms with Crippen LogP contribution in [0, 0.1) is 6.92 Å². The molecule has 2 amide bonds. The summed E-state index contributed by atoms with van der Waals surface area (Å²) >= 11 is 0. The number of aryl methyl sites for hydroxylation is 1. The van der Waals surface area contributed by atoms with Gasteiger partial charge in [-0.1, -0.05) is 29.8 Å². The Morgan fingerprint density at radius 2 is 1.96 bits per heavy atom. The second-order valence-corrected chi connectivity index (χ2v) is 6.67. The topological polar surface area (TPSA) is 86.7 Å². The summed E-state index contributed by atoms with van der Waals surface area (Å²) in [6.07, 6.45) is 6.02. The van der Waals surface area contributed by atoms with E-state index in [1.54, 1.807) is 18.2 Å². The van der Waals surface area contributed by atoms with E-state index in [1.165, 1.54) is 4.90 Å². The molecule has 3 atom stereocenters. The summed E-state index contributed by atoms with van der Waals surface area (Å²) in [5.74, 6) is -1.61. The molecule has 25 heavy (non-hydrogen) atoms. The molecule has 3 rings (SSSR count). The molecule has 0 aliphatic carbocycles. The Morgan fingerprint density at radius 1 is 1.20 bits per heavy atom. The smallest absolute Gasteiger partial charge is 0.326 e. The van der Waals surface area contributed by atoms with Crippen molar-refractivity contribution >= 4 is 17.8 Å². The molecule has 0 radical (unpaired) electrons. The molecule has 1 aromatic rings. The molecule has 6 nitrogen and oxygen atoms in total. The third-order valence-electron chi connectivity index (χ3n) is 4.87. The highest BCUT2D eigenvalue weighted by atomic mass is 16.4. The number of benzene rings is 1. The summed E-state index contributed by atoms with van der Waals surface area (Å²) in [4.78, 5) is 38.4. The molecule has 2 heterocycles. The highest BCUT2D eigenvalue weighted by Crippen LogP contribution is 2.29. The van der Waals surface area contributed by atoms with Crippen LogP contribution in [0.2, 0.25) is 0 Å². The van der Waals surface area contributed by atoms with Gasteiger partial charge in [-0.3, -0.25) is 9.59 Å². The maximum absolute atomic E-state index is 12.9. The Kier molecular flexibility index (Phi) is 4.88. The third kappa shape index (κ3) is 3.57. The SMILES string of the molecule is Cc1cccc(C(=O)N[C@H]2CC=CC[C@@H]3CC[C@@H](C(=O)O)N3C2=O)c1. The van der Waals surface area contributed by atoms with E-state index in [-0.39, 0.29) is 17.9 Å². The zero-order valence-corrected chi connectivity index (χ0v) is 14.1. The number of carboxylic acid groups (broad SMARTS) is 1. The van der Waals surface area contributed by atoms with Crippen molar-refractivity contribution in [3.8, 4) is 0 Å². The molecule has 0 aromatic heterocycles. The van der Waals surface area contributed by atoms with Gasteiger partial charge in [0, 0.05) is 11.6 Å². The quantitative estimate of drug-likeness (QED) is 0.821. The van der Waals surface area contributed by atoms with Crippen LogP contribution in [0.1, 0.15) is 41.6 Å². The van der Waals surface area contributed by atoms with Gasteiger partial charge in [0.15, 0.2) is 0 Å². The average Bonchev–Trinajstić information content (AvgIpc) is 2.99. The third-order valence-corrected chi connectivity index (χ3v) is 4.87. The second kappa shape index (κ2) is 7.09. The summed E-state index contributed by atoms with van der Waals surface area (Å²) in [6, 6.07) is 5.49. The van der Waals surface area contributed by atoms with Crippen LogP contribution in [0.15, 0.2) is 36.4 Å². The molecule has 0 spiro atoms. The number of rotatable bonds is 3. The van der Waals surface area contributed by atoms with E-state index in [1.807, 2.05) is 25.1 Å². The van der Waals surface area contributed by atoms with Crippen LogP contribution >= 0.6 is 0 Å². The number of fused-ring (bicyclic) bond motifs is 1. The van der Waals surface area contributed by atoms with E-state index in [0.29, 0.717) is 31.2 Å². The van der Waals surface area contributed by atoms with E-state index in [2.05, 4.69) is 5.32 Å². The van der Waals surface area contributed by atoms with Crippen LogP contribution in [0.4, 0.5) is 0 Å². The lowest BCUT2D eigenvalue weighted by molar-refractivity contribution is -0.150. The fourth-order valence-corrected chi connectivity index (χ4v) is 3.61. The number of nitrogens with one attached hydrogen (secondary N) is 1. The van der Waals surface area contributed by atoms with Crippen LogP contribution in [0.25, 0.3) is 0 Å². The van der Waals surface area contributed by atoms with Crippen molar-refractivity contribution < 1.29 is 19.5 Å². The maximum atomic E-state index is 12.9. The van der Waals surface area contributed by atoms with Gasteiger partial charge in [-0.2, -0.15) is 0 Å². The monoisotopic (exact) mass is 342 g/mol. The molecule has 2 aliphatic rings. The fourth-order valence-electron chi connectivity index (χ4n) is 3.61. The molecule has 132 valence electrons. The van der Waals surface area contributed by atoms with Crippen molar-refractivity contribution in [2.75, 3.05) is 0 Å². The first-order valence-corrected chi connectivity index (χ1v) is 8.55. The van der Waals surface area contributed by atoms with E-state index in [9.17, 15) is 19.5 Å². The van der Waals surface area contributed by atoms with E-state index < -0.39 is 18.1 Å². The highest BCUT2D eigenvalue weighted by Gasteiger charge is 2.43. The van der Waals surface area contributed by atoms with Crippen LogP contribution in [0.3, 0.4) is 0 Å². The molecular formula is C19H22N2O4. The van der Waals surface area contributed by atoms with Gasteiger partial charge in [-0.25, -0.2) is 4.79 Å². The van der Waals surface area contributed by atoms with E-state index in [0.717, 1.165) is 5.56 Å². The normalized spacial score (nSPS) is 25.9. The molecule has 6 heteroatoms. The van der Waals surface area contributed by atoms with Crippen molar-refractivity contribution in [2.45, 2.75) is 50.7 Å². The second-order valence-electron chi connectivity index (χ2n) is 6.67. The van der Waals surface area contributed by atoms with Crippen molar-refractivity contribution in [2.24, 2.45) is 0 Å². The standard InChI is InChI=1S/C19H22N2O4/c1-12-5-4-6-13(11-12)17(22)20-15-8-3-2-7-14-9-10-16(19(24)25)21(14)18(15)23/h2-6,11,14-16H,7-10H2,1H3,(H,20,22)(H,24,25)/t14-,15+,16+/m1/s1. The van der Waals surface area contributed by atoms with Crippen molar-refractivity contribution in [1.29, 1.82) is 0 Å². The average molecular weight is 342 g/mol.